The van der Waals surface area contributed by atoms with Gasteiger partial charge in [-0.15, -0.1) is 0 Å². The van der Waals surface area contributed by atoms with Crippen molar-refractivity contribution in [3.63, 3.8) is 0 Å². The number of nitrogens with zero attached hydrogens (tertiary/aromatic N) is 3. The summed E-state index contributed by atoms with van der Waals surface area (Å²) in [5.74, 6) is 1.90. The van der Waals surface area contributed by atoms with Crippen molar-refractivity contribution in [2.75, 3.05) is 0 Å². The van der Waals surface area contributed by atoms with Crippen LogP contribution in [0.2, 0.25) is 0 Å². The lowest BCUT2D eigenvalue weighted by molar-refractivity contribution is 0.665. The second-order valence-corrected chi connectivity index (χ2v) is 13.1. The van der Waals surface area contributed by atoms with Crippen molar-refractivity contribution in [1.29, 1.82) is 0 Å². The van der Waals surface area contributed by atoms with Crippen molar-refractivity contribution in [3.05, 3.63) is 164 Å². The lowest BCUT2D eigenvalue weighted by Gasteiger charge is -2.14. The summed E-state index contributed by atoms with van der Waals surface area (Å²) in [5.41, 5.74) is 8.40. The molecule has 0 aliphatic heterocycles. The Kier molecular flexibility index (Phi) is 6.18. The lowest BCUT2D eigenvalue weighted by atomic mass is 9.91. The topological polar surface area (TPSA) is 65.0 Å². The van der Waals surface area contributed by atoms with E-state index < -0.39 is 0 Å². The summed E-state index contributed by atoms with van der Waals surface area (Å²) in [7, 11) is 0. The molecule has 0 spiro atoms. The highest BCUT2D eigenvalue weighted by molar-refractivity contribution is 6.35. The predicted molar refractivity (Wildman–Crippen MR) is 211 cm³/mol. The second-order valence-electron chi connectivity index (χ2n) is 13.1. The molecule has 11 aromatic rings. The number of hydrogen-bond acceptors (Lipinski definition) is 5. The molecule has 5 nitrogen and oxygen atoms in total. The second kappa shape index (κ2) is 11.2. The van der Waals surface area contributed by atoms with Gasteiger partial charge in [-0.25, -0.2) is 15.0 Å². The van der Waals surface area contributed by atoms with E-state index in [1.165, 1.54) is 0 Å². The maximum absolute atomic E-state index is 6.83. The monoisotopic (exact) mass is 665 g/mol. The van der Waals surface area contributed by atoms with E-state index >= 15 is 0 Å². The molecule has 0 N–H and O–H groups in total. The fourth-order valence-electron chi connectivity index (χ4n) is 7.82. The summed E-state index contributed by atoms with van der Waals surface area (Å²) in [6.45, 7) is 0. The lowest BCUT2D eigenvalue weighted by Crippen LogP contribution is -2.00. The number of benzene rings is 8. The Morgan fingerprint density at radius 1 is 0.288 bits per heavy atom. The van der Waals surface area contributed by atoms with Gasteiger partial charge in [0.2, 0.25) is 0 Å². The van der Waals surface area contributed by atoms with Gasteiger partial charge in [0.1, 0.15) is 22.3 Å². The Bertz CT molecular complexity index is 3120. The van der Waals surface area contributed by atoms with E-state index in [0.717, 1.165) is 93.2 Å². The number of rotatable bonds is 4. The number of aromatic nitrogens is 3. The van der Waals surface area contributed by atoms with Crippen LogP contribution in [0.3, 0.4) is 0 Å². The van der Waals surface area contributed by atoms with E-state index in [-0.39, 0.29) is 0 Å². The average Bonchev–Trinajstić information content (AvgIpc) is 3.81. The van der Waals surface area contributed by atoms with Crippen LogP contribution in [0.1, 0.15) is 0 Å². The van der Waals surface area contributed by atoms with Gasteiger partial charge in [-0.3, -0.25) is 0 Å². The van der Waals surface area contributed by atoms with Crippen LogP contribution in [-0.2, 0) is 0 Å². The minimum Gasteiger partial charge on any atom is -0.455 e. The van der Waals surface area contributed by atoms with Crippen LogP contribution in [0.15, 0.2) is 173 Å². The summed E-state index contributed by atoms with van der Waals surface area (Å²) >= 11 is 0. The smallest absolute Gasteiger partial charge is 0.164 e. The van der Waals surface area contributed by atoms with Crippen LogP contribution in [0.4, 0.5) is 0 Å². The molecule has 3 heterocycles. The molecule has 0 saturated carbocycles. The summed E-state index contributed by atoms with van der Waals surface area (Å²) < 4.78 is 13.3. The van der Waals surface area contributed by atoms with E-state index in [1.54, 1.807) is 0 Å². The SMILES string of the molecule is c1ccc(-c2nc(-c3ccccc3)nc(-c3ccc(-c4cccc5oc6c7c8ccccc8oc7c7ccccc7c6c45)c4ccccc34)n2)cc1. The van der Waals surface area contributed by atoms with Gasteiger partial charge in [-0.1, -0.05) is 146 Å². The van der Waals surface area contributed by atoms with Crippen molar-refractivity contribution in [2.45, 2.75) is 0 Å². The van der Waals surface area contributed by atoms with Gasteiger partial charge in [0.25, 0.3) is 0 Å². The van der Waals surface area contributed by atoms with Crippen molar-refractivity contribution >= 4 is 65.4 Å². The zero-order valence-corrected chi connectivity index (χ0v) is 27.7. The molecule has 5 heteroatoms. The Morgan fingerprint density at radius 3 is 1.52 bits per heavy atom. The Morgan fingerprint density at radius 2 is 0.808 bits per heavy atom. The first-order chi connectivity index (χ1) is 25.8. The van der Waals surface area contributed by atoms with Crippen molar-refractivity contribution in [3.8, 4) is 45.3 Å². The average molecular weight is 666 g/mol. The maximum Gasteiger partial charge on any atom is 0.164 e. The van der Waals surface area contributed by atoms with Gasteiger partial charge in [-0.05, 0) is 45.5 Å². The van der Waals surface area contributed by atoms with E-state index in [9.17, 15) is 0 Å². The largest absolute Gasteiger partial charge is 0.455 e. The molecule has 0 amide bonds. The first kappa shape index (κ1) is 28.7. The number of hydrogen-bond donors (Lipinski definition) is 0. The summed E-state index contributed by atoms with van der Waals surface area (Å²) in [4.78, 5) is 15.1. The maximum atomic E-state index is 6.83. The Labute approximate surface area is 297 Å². The van der Waals surface area contributed by atoms with Gasteiger partial charge in [0.05, 0.1) is 5.39 Å². The van der Waals surface area contributed by atoms with Gasteiger partial charge in [0, 0.05) is 38.2 Å². The van der Waals surface area contributed by atoms with Crippen LogP contribution < -0.4 is 0 Å². The zero-order chi connectivity index (χ0) is 34.2. The quantitative estimate of drug-likeness (QED) is 0.187. The molecular weight excluding hydrogens is 639 g/mol. The normalized spacial score (nSPS) is 11.8. The molecule has 242 valence electrons. The summed E-state index contributed by atoms with van der Waals surface area (Å²) in [5, 5.41) is 8.55. The molecular formula is C47H27N3O2. The fraction of sp³-hybridized carbons (Fsp3) is 0. The van der Waals surface area contributed by atoms with E-state index in [1.807, 2.05) is 72.8 Å². The van der Waals surface area contributed by atoms with Gasteiger partial charge < -0.3 is 8.83 Å². The molecule has 0 unspecified atom stereocenters. The van der Waals surface area contributed by atoms with Gasteiger partial charge in [0.15, 0.2) is 17.5 Å². The molecule has 0 bridgehead atoms. The molecule has 0 aliphatic carbocycles. The fourth-order valence-corrected chi connectivity index (χ4v) is 7.82. The van der Waals surface area contributed by atoms with Gasteiger partial charge in [-0.2, -0.15) is 0 Å². The number of para-hydroxylation sites is 1. The van der Waals surface area contributed by atoms with E-state index in [0.29, 0.717) is 17.5 Å². The van der Waals surface area contributed by atoms with E-state index in [4.69, 9.17) is 23.8 Å². The molecule has 52 heavy (non-hydrogen) atoms. The summed E-state index contributed by atoms with van der Waals surface area (Å²) in [6, 6.07) is 56.1. The van der Waals surface area contributed by atoms with Crippen LogP contribution in [0.25, 0.3) is 111 Å². The van der Waals surface area contributed by atoms with Crippen LogP contribution in [-0.4, -0.2) is 15.0 Å². The highest BCUT2D eigenvalue weighted by Gasteiger charge is 2.23. The minimum absolute atomic E-state index is 0.627. The molecule has 3 aromatic heterocycles. The highest BCUT2D eigenvalue weighted by Crippen LogP contribution is 2.48. The zero-order valence-electron chi connectivity index (χ0n) is 27.7. The molecule has 0 atom stereocenters. The van der Waals surface area contributed by atoms with Crippen molar-refractivity contribution < 1.29 is 8.83 Å². The third-order valence-corrected chi connectivity index (χ3v) is 10.1. The molecule has 8 aromatic carbocycles. The number of fused-ring (bicyclic) bond motifs is 11. The first-order valence-electron chi connectivity index (χ1n) is 17.4. The van der Waals surface area contributed by atoms with Crippen molar-refractivity contribution in [1.82, 2.24) is 15.0 Å². The van der Waals surface area contributed by atoms with Crippen LogP contribution >= 0.6 is 0 Å². The van der Waals surface area contributed by atoms with Crippen LogP contribution in [0, 0.1) is 0 Å². The first-order valence-corrected chi connectivity index (χ1v) is 17.4. The van der Waals surface area contributed by atoms with Crippen molar-refractivity contribution in [2.24, 2.45) is 0 Å². The molecule has 0 saturated heterocycles. The molecule has 0 fully saturated rings. The molecule has 0 aliphatic rings. The van der Waals surface area contributed by atoms with Gasteiger partial charge >= 0.3 is 0 Å². The predicted octanol–water partition coefficient (Wildman–Crippen LogP) is 12.6. The summed E-state index contributed by atoms with van der Waals surface area (Å²) in [6.07, 6.45) is 0. The number of furan rings is 2. The minimum atomic E-state index is 0.627. The Hall–Kier alpha value is -7.11. The van der Waals surface area contributed by atoms with E-state index in [2.05, 4.69) is 91.0 Å². The van der Waals surface area contributed by atoms with Crippen LogP contribution in [0.5, 0.6) is 0 Å². The molecule has 11 rings (SSSR count). The third-order valence-electron chi connectivity index (χ3n) is 10.1. The third kappa shape index (κ3) is 4.26. The molecule has 0 radical (unpaired) electrons. The highest BCUT2D eigenvalue weighted by atomic mass is 16.3. The standard InChI is InChI=1S/C47H27N3O2/c1-3-14-28(15-4-1)45-48-46(29-16-5-2-6-17-29)50-47(49-45)36-27-26-32(30-18-7-8-19-31(30)36)33-23-13-25-39-40(33)41-34-20-9-10-21-35(34)43-42(44(41)52-39)37-22-11-12-24-38(37)51-43/h1-27H. The Balaban J connectivity index is 1.19.